The molecule has 2 N–H and O–H groups in total. The van der Waals surface area contributed by atoms with Gasteiger partial charge in [-0.1, -0.05) is 24.0 Å². The van der Waals surface area contributed by atoms with E-state index in [1.54, 1.807) is 12.1 Å². The lowest BCUT2D eigenvalue weighted by Crippen LogP contribution is -2.14. The molecule has 2 heterocycles. The van der Waals surface area contributed by atoms with Crippen molar-refractivity contribution in [3.8, 4) is 23.1 Å². The number of halogens is 2. The van der Waals surface area contributed by atoms with Gasteiger partial charge >= 0.3 is 0 Å². The van der Waals surface area contributed by atoms with Gasteiger partial charge in [-0.25, -0.2) is 16.8 Å². The lowest BCUT2D eigenvalue weighted by Gasteiger charge is -2.11. The van der Waals surface area contributed by atoms with E-state index in [0.29, 0.717) is 11.1 Å². The molecule has 0 spiro atoms. The summed E-state index contributed by atoms with van der Waals surface area (Å²) in [5, 5.41) is 0. The topological polar surface area (TPSA) is 87.2 Å². The molecule has 0 fully saturated rings. The van der Waals surface area contributed by atoms with Gasteiger partial charge in [-0.2, -0.15) is 0 Å². The highest BCUT2D eigenvalue weighted by molar-refractivity contribution is 7.90. The van der Waals surface area contributed by atoms with E-state index in [-0.39, 0.29) is 41.7 Å². The Balaban J connectivity index is 0.00000300. The van der Waals surface area contributed by atoms with Gasteiger partial charge in [-0.3, -0.25) is 4.98 Å². The lowest BCUT2D eigenvalue weighted by atomic mass is 10.1. The van der Waals surface area contributed by atoms with Crippen LogP contribution >= 0.6 is 12.4 Å². The molecule has 9 heteroatoms. The quantitative estimate of drug-likeness (QED) is 0.623. The van der Waals surface area contributed by atoms with E-state index in [9.17, 15) is 12.8 Å². The average Bonchev–Trinajstić information content (AvgIpc) is 3.14. The molecule has 6 nitrogen and oxygen atoms in total. The minimum atomic E-state index is -4.04. The van der Waals surface area contributed by atoms with Gasteiger partial charge in [0.25, 0.3) is 10.0 Å². The number of nitrogens with zero attached hydrogens (tertiary/aromatic N) is 2. The summed E-state index contributed by atoms with van der Waals surface area (Å²) in [7, 11) is -2.53. The number of pyridine rings is 1. The van der Waals surface area contributed by atoms with Crippen LogP contribution in [0.2, 0.25) is 0 Å². The summed E-state index contributed by atoms with van der Waals surface area (Å²) in [4.78, 5) is 3.91. The van der Waals surface area contributed by atoms with Gasteiger partial charge in [0.15, 0.2) is 0 Å². The molecule has 0 saturated heterocycles. The predicted molar refractivity (Wildman–Crippen MR) is 111 cm³/mol. The molecule has 152 valence electrons. The van der Waals surface area contributed by atoms with Crippen molar-refractivity contribution in [2.24, 2.45) is 5.73 Å². The second-order valence-electron chi connectivity index (χ2n) is 5.86. The highest BCUT2D eigenvalue weighted by Gasteiger charge is 2.23. The summed E-state index contributed by atoms with van der Waals surface area (Å²) in [6.45, 7) is 0.330. The monoisotopic (exact) mass is 435 g/mol. The molecule has 0 aliphatic carbocycles. The minimum absolute atomic E-state index is 0. The smallest absolute Gasteiger partial charge is 0.269 e. The minimum Gasteiger partial charge on any atom is -0.372 e. The Morgan fingerprint density at radius 1 is 1.24 bits per heavy atom. The van der Waals surface area contributed by atoms with Crippen LogP contribution in [-0.2, 0) is 21.3 Å². The largest absolute Gasteiger partial charge is 0.372 e. The van der Waals surface area contributed by atoms with Gasteiger partial charge in [0, 0.05) is 43.4 Å². The molecule has 2 aromatic heterocycles. The zero-order chi connectivity index (χ0) is 20.1. The molecule has 0 aliphatic heterocycles. The van der Waals surface area contributed by atoms with Gasteiger partial charge in [0.05, 0.1) is 5.69 Å². The maximum Gasteiger partial charge on any atom is 0.269 e. The Hall–Kier alpha value is -2.70. The molecule has 3 rings (SSSR count). The third-order valence-electron chi connectivity index (χ3n) is 3.95. The number of hydrogen-bond donors (Lipinski definition) is 1. The van der Waals surface area contributed by atoms with Gasteiger partial charge in [-0.05, 0) is 29.8 Å². The normalized spacial score (nSPS) is 10.7. The van der Waals surface area contributed by atoms with Crippen LogP contribution in [0.4, 0.5) is 4.39 Å². The SMILES string of the molecule is COCC#Cc1cncc(S(=O)(=O)n2cc(CN)cc2-c2ccccc2F)c1.Cl. The first-order valence-corrected chi connectivity index (χ1v) is 9.76. The highest BCUT2D eigenvalue weighted by atomic mass is 35.5. The van der Waals surface area contributed by atoms with E-state index in [1.165, 1.54) is 50.0 Å². The summed E-state index contributed by atoms with van der Waals surface area (Å²) >= 11 is 0. The fraction of sp³-hybridized carbons (Fsp3) is 0.150. The number of hydrogen-bond acceptors (Lipinski definition) is 5. The number of aromatic nitrogens is 2. The standard InChI is InChI=1S/C20H18FN3O3S.ClH/c1-27-8-4-5-15-9-17(13-23-12-15)28(25,26)24-14-16(11-22)10-20(24)18-6-2-3-7-19(18)21;/h2-3,6-7,9-10,12-14H,8,11,22H2,1H3;1H. The maximum absolute atomic E-state index is 14.3. The van der Waals surface area contributed by atoms with E-state index < -0.39 is 15.8 Å². The summed E-state index contributed by atoms with van der Waals surface area (Å²) in [6, 6.07) is 8.94. The van der Waals surface area contributed by atoms with E-state index >= 15 is 0 Å². The Bertz CT molecular complexity index is 1170. The first kappa shape index (κ1) is 22.6. The van der Waals surface area contributed by atoms with E-state index in [4.69, 9.17) is 10.5 Å². The van der Waals surface area contributed by atoms with E-state index in [2.05, 4.69) is 16.8 Å². The first-order chi connectivity index (χ1) is 13.5. The zero-order valence-electron chi connectivity index (χ0n) is 15.5. The van der Waals surface area contributed by atoms with Crippen LogP contribution < -0.4 is 5.73 Å². The first-order valence-electron chi connectivity index (χ1n) is 8.32. The van der Waals surface area contributed by atoms with Crippen molar-refractivity contribution in [2.75, 3.05) is 13.7 Å². The third kappa shape index (κ3) is 4.83. The van der Waals surface area contributed by atoms with Gasteiger partial charge in [-0.15, -0.1) is 12.4 Å². The number of rotatable bonds is 5. The van der Waals surface area contributed by atoms with Crippen molar-refractivity contribution < 1.29 is 17.5 Å². The van der Waals surface area contributed by atoms with Crippen molar-refractivity contribution in [3.63, 3.8) is 0 Å². The molecule has 0 atom stereocenters. The summed E-state index contributed by atoms with van der Waals surface area (Å²) in [6.07, 6.45) is 4.07. The van der Waals surface area contributed by atoms with Crippen molar-refractivity contribution in [1.82, 2.24) is 8.96 Å². The van der Waals surface area contributed by atoms with E-state index in [1.807, 2.05) is 0 Å². The zero-order valence-corrected chi connectivity index (χ0v) is 17.1. The molecule has 0 amide bonds. The van der Waals surface area contributed by atoms with Crippen molar-refractivity contribution >= 4 is 22.4 Å². The molecule has 0 unspecified atom stereocenters. The van der Waals surface area contributed by atoms with Crippen molar-refractivity contribution in [2.45, 2.75) is 11.4 Å². The molecule has 0 radical (unpaired) electrons. The van der Waals surface area contributed by atoms with Crippen LogP contribution in [0.1, 0.15) is 11.1 Å². The number of ether oxygens (including phenoxy) is 1. The van der Waals surface area contributed by atoms with Gasteiger partial charge in [0.1, 0.15) is 17.3 Å². The number of methoxy groups -OCH3 is 1. The Labute approximate surface area is 175 Å². The fourth-order valence-corrected chi connectivity index (χ4v) is 4.01. The lowest BCUT2D eigenvalue weighted by molar-refractivity contribution is 0.240. The molecule has 3 aromatic rings. The molecule has 1 aromatic carbocycles. The van der Waals surface area contributed by atoms with Gasteiger partial charge < -0.3 is 10.5 Å². The van der Waals surface area contributed by atoms with Crippen LogP contribution in [0.3, 0.4) is 0 Å². The predicted octanol–water partition coefficient (Wildman–Crippen LogP) is 2.80. The number of nitrogens with two attached hydrogens (primary N) is 1. The second-order valence-corrected chi connectivity index (χ2v) is 7.68. The third-order valence-corrected chi connectivity index (χ3v) is 5.59. The number of benzene rings is 1. The molecular weight excluding hydrogens is 417 g/mol. The van der Waals surface area contributed by atoms with Gasteiger partial charge in [0.2, 0.25) is 0 Å². The maximum atomic E-state index is 14.3. The summed E-state index contributed by atoms with van der Waals surface area (Å²) in [5.41, 5.74) is 7.02. The Morgan fingerprint density at radius 3 is 2.69 bits per heavy atom. The van der Waals surface area contributed by atoms with Crippen molar-refractivity contribution in [1.29, 1.82) is 0 Å². The van der Waals surface area contributed by atoms with Crippen LogP contribution in [0, 0.1) is 17.7 Å². The summed E-state index contributed by atoms with van der Waals surface area (Å²) < 4.78 is 46.7. The average molecular weight is 436 g/mol. The molecule has 0 aliphatic rings. The molecule has 29 heavy (non-hydrogen) atoms. The molecule has 0 saturated carbocycles. The van der Waals surface area contributed by atoms with Crippen LogP contribution in [-0.4, -0.2) is 31.1 Å². The van der Waals surface area contributed by atoms with Crippen molar-refractivity contribution in [3.05, 3.63) is 71.9 Å². The Kier molecular flexibility index (Phi) is 7.53. The second kappa shape index (κ2) is 9.67. The van der Waals surface area contributed by atoms with Crippen LogP contribution in [0.5, 0.6) is 0 Å². The molecular formula is C20H19ClFN3O3S. The summed E-state index contributed by atoms with van der Waals surface area (Å²) in [5.74, 6) is 5.01. The molecule has 0 bridgehead atoms. The van der Waals surface area contributed by atoms with E-state index in [0.717, 1.165) is 3.97 Å². The van der Waals surface area contributed by atoms with Crippen LogP contribution in [0.25, 0.3) is 11.3 Å². The fourth-order valence-electron chi connectivity index (χ4n) is 2.62. The van der Waals surface area contributed by atoms with Crippen LogP contribution in [0.15, 0.2) is 59.9 Å². The Morgan fingerprint density at radius 2 is 2.00 bits per heavy atom. The highest BCUT2D eigenvalue weighted by Crippen LogP contribution is 2.29.